The molecule has 0 N–H and O–H groups in total. The third kappa shape index (κ3) is 1.71. The van der Waals surface area contributed by atoms with E-state index in [0.29, 0.717) is 11.7 Å². The zero-order valence-electron chi connectivity index (χ0n) is 5.72. The van der Waals surface area contributed by atoms with E-state index < -0.39 is 0 Å². The third-order valence-corrected chi connectivity index (χ3v) is 2.90. The maximum Gasteiger partial charge on any atom is 0.136 e. The smallest absolute Gasteiger partial charge is 0.136 e. The Balaban J connectivity index is 2.32. The Kier molecular flexibility index (Phi) is 2.58. The fourth-order valence-electron chi connectivity index (χ4n) is 1.08. The molecule has 0 aliphatic carbocycles. The minimum Gasteiger partial charge on any atom is -0.299 e. The summed E-state index contributed by atoms with van der Waals surface area (Å²) in [6.07, 6.45) is 1.85. The van der Waals surface area contributed by atoms with Crippen molar-refractivity contribution in [2.45, 2.75) is 19.8 Å². The van der Waals surface area contributed by atoms with Gasteiger partial charge in [0.2, 0.25) is 0 Å². The second-order valence-corrected chi connectivity index (χ2v) is 3.53. The molecule has 0 aromatic heterocycles. The average molecular weight is 144 g/mol. The number of hydrogen-bond donors (Lipinski definition) is 0. The highest BCUT2D eigenvalue weighted by Crippen LogP contribution is 2.24. The zero-order valence-corrected chi connectivity index (χ0v) is 6.54. The molecule has 1 rings (SSSR count). The van der Waals surface area contributed by atoms with E-state index in [0.717, 1.165) is 18.6 Å². The first-order valence-electron chi connectivity index (χ1n) is 3.45. The molecule has 1 atom stereocenters. The lowest BCUT2D eigenvalue weighted by atomic mass is 10.0. The summed E-state index contributed by atoms with van der Waals surface area (Å²) < 4.78 is 0. The van der Waals surface area contributed by atoms with Crippen LogP contribution in [0.1, 0.15) is 19.8 Å². The van der Waals surface area contributed by atoms with Gasteiger partial charge in [-0.15, -0.1) is 0 Å². The van der Waals surface area contributed by atoms with E-state index in [1.165, 1.54) is 5.75 Å². The number of carbonyl (C=O) groups excluding carboxylic acids is 1. The van der Waals surface area contributed by atoms with E-state index in [1.54, 1.807) is 0 Å². The van der Waals surface area contributed by atoms with Crippen molar-refractivity contribution in [1.82, 2.24) is 0 Å². The number of ketones is 1. The molecule has 0 aromatic rings. The quantitative estimate of drug-likeness (QED) is 0.587. The Hall–Kier alpha value is 0.0200. The molecule has 1 fully saturated rings. The molecule has 1 unspecified atom stereocenters. The summed E-state index contributed by atoms with van der Waals surface area (Å²) in [5.41, 5.74) is 0. The van der Waals surface area contributed by atoms with Gasteiger partial charge in [-0.05, 0) is 12.2 Å². The van der Waals surface area contributed by atoms with E-state index >= 15 is 0 Å². The van der Waals surface area contributed by atoms with Crippen LogP contribution in [0.15, 0.2) is 0 Å². The van der Waals surface area contributed by atoms with Crippen LogP contribution in [-0.4, -0.2) is 17.3 Å². The molecule has 0 saturated carbocycles. The molecule has 52 valence electrons. The molecule has 1 heterocycles. The van der Waals surface area contributed by atoms with E-state index in [4.69, 9.17) is 0 Å². The van der Waals surface area contributed by atoms with Crippen LogP contribution in [0.4, 0.5) is 0 Å². The molecule has 9 heavy (non-hydrogen) atoms. The normalized spacial score (nSPS) is 26.6. The number of hydrogen-bond acceptors (Lipinski definition) is 2. The maximum absolute atomic E-state index is 11.0. The van der Waals surface area contributed by atoms with Gasteiger partial charge in [-0.1, -0.05) is 6.92 Å². The highest BCUT2D eigenvalue weighted by molar-refractivity contribution is 7.99. The van der Waals surface area contributed by atoms with Crippen LogP contribution in [0.3, 0.4) is 0 Å². The summed E-state index contributed by atoms with van der Waals surface area (Å²) >= 11 is 1.91. The van der Waals surface area contributed by atoms with E-state index in [-0.39, 0.29) is 0 Å². The summed E-state index contributed by atoms with van der Waals surface area (Å²) in [7, 11) is 0. The number of Topliss-reactive ketones (excluding diaryl/α,β-unsaturated/α-hetero) is 1. The van der Waals surface area contributed by atoms with Crippen molar-refractivity contribution in [1.29, 1.82) is 0 Å². The fourth-order valence-corrected chi connectivity index (χ4v) is 2.33. The second-order valence-electron chi connectivity index (χ2n) is 2.38. The lowest BCUT2D eigenvalue weighted by molar-refractivity contribution is -0.121. The molecular formula is C7H12OS. The number of rotatable bonds is 2. The van der Waals surface area contributed by atoms with Crippen LogP contribution in [0.25, 0.3) is 0 Å². The topological polar surface area (TPSA) is 17.1 Å². The molecular weight excluding hydrogens is 132 g/mol. The Bertz CT molecular complexity index is 105. The Morgan fingerprint density at radius 2 is 2.56 bits per heavy atom. The van der Waals surface area contributed by atoms with Crippen molar-refractivity contribution < 1.29 is 4.79 Å². The van der Waals surface area contributed by atoms with Crippen LogP contribution >= 0.6 is 11.8 Å². The van der Waals surface area contributed by atoms with Crippen LogP contribution in [-0.2, 0) is 4.79 Å². The first-order chi connectivity index (χ1) is 4.34. The molecule has 0 spiro atoms. The fraction of sp³-hybridized carbons (Fsp3) is 0.857. The Morgan fingerprint density at radius 1 is 1.78 bits per heavy atom. The molecule has 0 radical (unpaired) electrons. The third-order valence-electron chi connectivity index (χ3n) is 1.73. The Labute approximate surface area is 60.2 Å². The number of carbonyl (C=O) groups is 1. The Morgan fingerprint density at radius 3 is 3.00 bits per heavy atom. The summed E-state index contributed by atoms with van der Waals surface area (Å²) in [4.78, 5) is 11.0. The van der Waals surface area contributed by atoms with E-state index in [9.17, 15) is 4.79 Å². The van der Waals surface area contributed by atoms with Crippen molar-refractivity contribution in [3.8, 4) is 0 Å². The van der Waals surface area contributed by atoms with E-state index in [2.05, 4.69) is 0 Å². The zero-order chi connectivity index (χ0) is 6.69. The molecule has 0 bridgehead atoms. The van der Waals surface area contributed by atoms with Crippen molar-refractivity contribution in [2.75, 3.05) is 11.5 Å². The van der Waals surface area contributed by atoms with Crippen LogP contribution in [0.2, 0.25) is 0 Å². The number of thioether (sulfide) groups is 1. The predicted molar refractivity (Wildman–Crippen MR) is 40.7 cm³/mol. The van der Waals surface area contributed by atoms with Gasteiger partial charge in [0.05, 0.1) is 0 Å². The summed E-state index contributed by atoms with van der Waals surface area (Å²) in [6.45, 7) is 1.95. The lowest BCUT2D eigenvalue weighted by Crippen LogP contribution is -2.11. The minimum absolute atomic E-state index is 0.403. The summed E-state index contributed by atoms with van der Waals surface area (Å²) in [6, 6.07) is 0. The van der Waals surface area contributed by atoms with Gasteiger partial charge in [0.1, 0.15) is 5.78 Å². The molecule has 1 nitrogen and oxygen atoms in total. The second kappa shape index (κ2) is 3.25. The molecule has 2 heteroatoms. The summed E-state index contributed by atoms with van der Waals surface area (Å²) in [5, 5.41) is 0. The standard InChI is InChI=1S/C7H12OS/c1-2-7(8)6-3-4-9-5-6/h6H,2-5H2,1H3. The van der Waals surface area contributed by atoms with Crippen molar-refractivity contribution in [3.63, 3.8) is 0 Å². The van der Waals surface area contributed by atoms with Crippen LogP contribution in [0.5, 0.6) is 0 Å². The van der Waals surface area contributed by atoms with Gasteiger partial charge >= 0.3 is 0 Å². The van der Waals surface area contributed by atoms with Gasteiger partial charge in [-0.3, -0.25) is 4.79 Å². The first kappa shape index (κ1) is 7.13. The van der Waals surface area contributed by atoms with Gasteiger partial charge in [-0.2, -0.15) is 11.8 Å². The largest absolute Gasteiger partial charge is 0.299 e. The predicted octanol–water partition coefficient (Wildman–Crippen LogP) is 1.72. The van der Waals surface area contributed by atoms with Crippen LogP contribution in [0, 0.1) is 5.92 Å². The summed E-state index contributed by atoms with van der Waals surface area (Å²) in [5.74, 6) is 3.13. The molecule has 0 amide bonds. The highest BCUT2D eigenvalue weighted by Gasteiger charge is 2.20. The molecule has 1 aliphatic rings. The monoisotopic (exact) mass is 144 g/mol. The average Bonchev–Trinajstić information content (AvgIpc) is 2.37. The highest BCUT2D eigenvalue weighted by atomic mass is 32.2. The van der Waals surface area contributed by atoms with Gasteiger partial charge < -0.3 is 0 Å². The van der Waals surface area contributed by atoms with Crippen LogP contribution < -0.4 is 0 Å². The van der Waals surface area contributed by atoms with Gasteiger partial charge in [0.25, 0.3) is 0 Å². The van der Waals surface area contributed by atoms with Crippen molar-refractivity contribution in [2.24, 2.45) is 5.92 Å². The maximum atomic E-state index is 11.0. The molecule has 1 aliphatic heterocycles. The van der Waals surface area contributed by atoms with E-state index in [1.807, 2.05) is 18.7 Å². The van der Waals surface area contributed by atoms with Crippen molar-refractivity contribution in [3.05, 3.63) is 0 Å². The SMILES string of the molecule is CCC(=O)C1CCSC1. The minimum atomic E-state index is 0.403. The lowest BCUT2D eigenvalue weighted by Gasteiger charge is -2.01. The van der Waals surface area contributed by atoms with Gasteiger partial charge in [0.15, 0.2) is 0 Å². The molecule has 0 aromatic carbocycles. The van der Waals surface area contributed by atoms with Gasteiger partial charge in [-0.25, -0.2) is 0 Å². The molecule has 1 saturated heterocycles. The first-order valence-corrected chi connectivity index (χ1v) is 4.60. The van der Waals surface area contributed by atoms with Gasteiger partial charge in [0, 0.05) is 18.1 Å². The van der Waals surface area contributed by atoms with Crippen molar-refractivity contribution >= 4 is 17.5 Å².